The van der Waals surface area contributed by atoms with Crippen LogP contribution in [0.25, 0.3) is 22.4 Å². The van der Waals surface area contributed by atoms with Crippen LogP contribution in [-0.4, -0.2) is 26.6 Å². The van der Waals surface area contributed by atoms with Crippen molar-refractivity contribution >= 4 is 0 Å². The summed E-state index contributed by atoms with van der Waals surface area (Å²) in [5.41, 5.74) is 5.09. The topological polar surface area (TPSA) is 58.3 Å². The first kappa shape index (κ1) is 15.3. The number of phenolic OH excluding ortho intramolecular Hbond substituents is 1. The quantitative estimate of drug-likeness (QED) is 0.758. The normalized spacial score (nSPS) is 10.9. The third kappa shape index (κ3) is 3.27. The molecular weight excluding hydrogens is 288 g/mol. The molecule has 0 saturated heterocycles. The molecule has 0 radical (unpaired) electrons. The smallest absolute Gasteiger partial charge is 0.118 e. The molecule has 118 valence electrons. The van der Waals surface area contributed by atoms with E-state index in [0.717, 1.165) is 34.4 Å². The Bertz CT molecular complexity index is 791. The van der Waals surface area contributed by atoms with Crippen molar-refractivity contribution in [3.05, 3.63) is 60.3 Å². The molecule has 3 aromatic rings. The van der Waals surface area contributed by atoms with Gasteiger partial charge in [-0.1, -0.05) is 37.3 Å². The first-order valence-corrected chi connectivity index (χ1v) is 7.78. The van der Waals surface area contributed by atoms with Crippen molar-refractivity contribution in [1.29, 1.82) is 0 Å². The predicted octanol–water partition coefficient (Wildman–Crippen LogP) is 3.48. The van der Waals surface area contributed by atoms with E-state index in [9.17, 15) is 5.11 Å². The lowest BCUT2D eigenvalue weighted by molar-refractivity contribution is 0.269. The van der Waals surface area contributed by atoms with Gasteiger partial charge in [-0.2, -0.15) is 5.10 Å². The van der Waals surface area contributed by atoms with Crippen molar-refractivity contribution < 1.29 is 10.2 Å². The van der Waals surface area contributed by atoms with Crippen LogP contribution in [-0.2, 0) is 13.0 Å². The Labute approximate surface area is 135 Å². The number of hydrogen-bond acceptors (Lipinski definition) is 3. The van der Waals surface area contributed by atoms with Crippen molar-refractivity contribution in [2.24, 2.45) is 0 Å². The Morgan fingerprint density at radius 3 is 2.35 bits per heavy atom. The minimum atomic E-state index is 0.0840. The highest BCUT2D eigenvalue weighted by molar-refractivity contribution is 5.69. The lowest BCUT2D eigenvalue weighted by Gasteiger charge is -2.07. The standard InChI is InChI=1S/C19H20N2O2/c1-2-14-13-17(7-8-19(14)23)15-3-5-16(6-4-15)18-9-10-21(20-18)11-12-22/h3-10,13,22-23H,2,11-12H2,1H3. The number of aliphatic hydroxyl groups is 1. The van der Waals surface area contributed by atoms with E-state index in [-0.39, 0.29) is 6.61 Å². The molecule has 3 rings (SSSR count). The number of rotatable bonds is 5. The molecule has 4 nitrogen and oxygen atoms in total. The third-order valence-electron chi connectivity index (χ3n) is 3.94. The highest BCUT2D eigenvalue weighted by Gasteiger charge is 2.05. The van der Waals surface area contributed by atoms with E-state index < -0.39 is 0 Å². The first-order valence-electron chi connectivity index (χ1n) is 7.78. The maximum atomic E-state index is 9.79. The van der Waals surface area contributed by atoms with Crippen LogP contribution in [0.15, 0.2) is 54.7 Å². The molecule has 0 aliphatic carbocycles. The van der Waals surface area contributed by atoms with Gasteiger partial charge in [0.25, 0.3) is 0 Å². The van der Waals surface area contributed by atoms with Gasteiger partial charge in [0.05, 0.1) is 18.8 Å². The van der Waals surface area contributed by atoms with Gasteiger partial charge < -0.3 is 10.2 Å². The third-order valence-corrected chi connectivity index (χ3v) is 3.94. The molecule has 2 N–H and O–H groups in total. The highest BCUT2D eigenvalue weighted by Crippen LogP contribution is 2.28. The summed E-state index contributed by atoms with van der Waals surface area (Å²) in [4.78, 5) is 0. The number of aryl methyl sites for hydroxylation is 1. The van der Waals surface area contributed by atoms with Gasteiger partial charge in [0.1, 0.15) is 5.75 Å². The Hall–Kier alpha value is -2.59. The van der Waals surface area contributed by atoms with Crippen molar-refractivity contribution in [3.8, 4) is 28.1 Å². The van der Waals surface area contributed by atoms with Crippen LogP contribution in [0.2, 0.25) is 0 Å². The van der Waals surface area contributed by atoms with Crippen LogP contribution in [0.5, 0.6) is 5.75 Å². The van der Waals surface area contributed by atoms with Gasteiger partial charge in [-0.3, -0.25) is 4.68 Å². The lowest BCUT2D eigenvalue weighted by Crippen LogP contribution is -2.02. The summed E-state index contributed by atoms with van der Waals surface area (Å²) in [5, 5.41) is 23.2. The van der Waals surface area contributed by atoms with E-state index in [2.05, 4.69) is 17.2 Å². The zero-order chi connectivity index (χ0) is 16.2. The fraction of sp³-hybridized carbons (Fsp3) is 0.211. The molecule has 0 aliphatic rings. The van der Waals surface area contributed by atoms with Gasteiger partial charge in [0, 0.05) is 11.8 Å². The van der Waals surface area contributed by atoms with E-state index in [1.54, 1.807) is 10.7 Å². The molecule has 0 unspecified atom stereocenters. The predicted molar refractivity (Wildman–Crippen MR) is 91.2 cm³/mol. The molecule has 0 spiro atoms. The Balaban J connectivity index is 1.86. The molecule has 0 bridgehead atoms. The van der Waals surface area contributed by atoms with Crippen molar-refractivity contribution in [2.45, 2.75) is 19.9 Å². The summed E-state index contributed by atoms with van der Waals surface area (Å²) in [7, 11) is 0. The molecule has 0 aliphatic heterocycles. The second kappa shape index (κ2) is 6.67. The van der Waals surface area contributed by atoms with Crippen LogP contribution in [0, 0.1) is 0 Å². The maximum absolute atomic E-state index is 9.79. The zero-order valence-corrected chi connectivity index (χ0v) is 13.1. The number of hydrogen-bond donors (Lipinski definition) is 2. The van der Waals surface area contributed by atoms with E-state index in [1.807, 2.05) is 43.5 Å². The zero-order valence-electron chi connectivity index (χ0n) is 13.1. The molecule has 1 aromatic heterocycles. The summed E-state index contributed by atoms with van der Waals surface area (Å²) in [6.45, 7) is 2.62. The Morgan fingerprint density at radius 1 is 0.957 bits per heavy atom. The fourth-order valence-electron chi connectivity index (χ4n) is 2.62. The fourth-order valence-corrected chi connectivity index (χ4v) is 2.62. The van der Waals surface area contributed by atoms with E-state index in [1.165, 1.54) is 0 Å². The molecule has 0 amide bonds. The highest BCUT2D eigenvalue weighted by atomic mass is 16.3. The minimum absolute atomic E-state index is 0.0840. The summed E-state index contributed by atoms with van der Waals surface area (Å²) in [6.07, 6.45) is 2.67. The van der Waals surface area contributed by atoms with Crippen LogP contribution in [0.3, 0.4) is 0 Å². The van der Waals surface area contributed by atoms with Crippen LogP contribution in [0.4, 0.5) is 0 Å². The van der Waals surface area contributed by atoms with E-state index in [0.29, 0.717) is 12.3 Å². The number of benzene rings is 2. The maximum Gasteiger partial charge on any atom is 0.118 e. The molecular formula is C19H20N2O2. The molecule has 23 heavy (non-hydrogen) atoms. The first-order chi connectivity index (χ1) is 11.2. The van der Waals surface area contributed by atoms with Crippen molar-refractivity contribution in [1.82, 2.24) is 9.78 Å². The Morgan fingerprint density at radius 2 is 1.65 bits per heavy atom. The Kier molecular flexibility index (Phi) is 4.44. The van der Waals surface area contributed by atoms with Gasteiger partial charge in [0.15, 0.2) is 0 Å². The lowest BCUT2D eigenvalue weighted by atomic mass is 10.00. The monoisotopic (exact) mass is 308 g/mol. The molecule has 1 heterocycles. The molecule has 4 heteroatoms. The molecule has 0 saturated carbocycles. The molecule has 0 atom stereocenters. The van der Waals surface area contributed by atoms with Crippen molar-refractivity contribution in [2.75, 3.05) is 6.61 Å². The van der Waals surface area contributed by atoms with Crippen LogP contribution >= 0.6 is 0 Å². The van der Waals surface area contributed by atoms with Crippen LogP contribution in [0.1, 0.15) is 12.5 Å². The number of phenols is 1. The van der Waals surface area contributed by atoms with E-state index >= 15 is 0 Å². The average Bonchev–Trinajstić information content (AvgIpc) is 3.04. The summed E-state index contributed by atoms with van der Waals surface area (Å²) in [5.74, 6) is 0.349. The second-order valence-electron chi connectivity index (χ2n) is 5.46. The van der Waals surface area contributed by atoms with Crippen LogP contribution < -0.4 is 0 Å². The SMILES string of the molecule is CCc1cc(-c2ccc(-c3ccn(CCO)n3)cc2)ccc1O. The van der Waals surface area contributed by atoms with Gasteiger partial charge in [-0.25, -0.2) is 0 Å². The summed E-state index contributed by atoms with van der Waals surface area (Å²) < 4.78 is 1.73. The number of aliphatic hydroxyl groups excluding tert-OH is 1. The molecule has 0 fully saturated rings. The van der Waals surface area contributed by atoms with Gasteiger partial charge in [-0.15, -0.1) is 0 Å². The average molecular weight is 308 g/mol. The van der Waals surface area contributed by atoms with E-state index in [4.69, 9.17) is 5.11 Å². The summed E-state index contributed by atoms with van der Waals surface area (Å²) in [6, 6.07) is 15.9. The van der Waals surface area contributed by atoms with Gasteiger partial charge >= 0.3 is 0 Å². The molecule has 2 aromatic carbocycles. The largest absolute Gasteiger partial charge is 0.508 e. The minimum Gasteiger partial charge on any atom is -0.508 e. The number of aromatic hydroxyl groups is 1. The number of nitrogens with zero attached hydrogens (tertiary/aromatic N) is 2. The van der Waals surface area contributed by atoms with Gasteiger partial charge in [0.2, 0.25) is 0 Å². The summed E-state index contributed by atoms with van der Waals surface area (Å²) >= 11 is 0. The van der Waals surface area contributed by atoms with Gasteiger partial charge in [-0.05, 0) is 41.3 Å². The second-order valence-corrected chi connectivity index (χ2v) is 5.46. The number of aromatic nitrogens is 2. The van der Waals surface area contributed by atoms with Crippen molar-refractivity contribution in [3.63, 3.8) is 0 Å².